The number of aromatic hydroxyl groups is 1. The number of carbonyl (C=O) groups is 3. The van der Waals surface area contributed by atoms with Crippen molar-refractivity contribution < 1.29 is 39.5 Å². The van der Waals surface area contributed by atoms with Crippen LogP contribution < -0.4 is 10.5 Å². The molecule has 0 heterocycles. The quantitative estimate of drug-likeness (QED) is 0.341. The highest BCUT2D eigenvalue weighted by Gasteiger charge is 2.63. The van der Waals surface area contributed by atoms with E-state index < -0.39 is 58.0 Å². The second kappa shape index (κ2) is 9.33. The van der Waals surface area contributed by atoms with Gasteiger partial charge in [-0.1, -0.05) is 12.1 Å². The Hall–Kier alpha value is -3.93. The summed E-state index contributed by atoms with van der Waals surface area (Å²) in [5, 5.41) is 46.5. The van der Waals surface area contributed by atoms with E-state index in [1.165, 1.54) is 12.0 Å². The number of carbonyl (C=O) groups excluding carboxylic acids is 3. The summed E-state index contributed by atoms with van der Waals surface area (Å²) in [6, 6.07) is 4.47. The number of primary amides is 1. The van der Waals surface area contributed by atoms with Gasteiger partial charge in [0.15, 0.2) is 11.4 Å². The third kappa shape index (κ3) is 3.65. The van der Waals surface area contributed by atoms with Crippen LogP contribution in [0.15, 0.2) is 40.9 Å². The molecule has 212 valence electrons. The summed E-state index contributed by atoms with van der Waals surface area (Å²) in [6.07, 6.45) is 0.163. The molecular formula is C29H33N3O8. The number of hydrogen-bond donors (Lipinski definition) is 5. The first-order chi connectivity index (χ1) is 18.7. The van der Waals surface area contributed by atoms with E-state index in [2.05, 4.69) is 0 Å². The van der Waals surface area contributed by atoms with Gasteiger partial charge in [0.1, 0.15) is 28.6 Å². The van der Waals surface area contributed by atoms with Crippen LogP contribution in [0.3, 0.4) is 0 Å². The number of aliphatic hydroxyl groups is 3. The standard InChI is InChI=1S/C29H33N3O8/c1-31(2)11-12-6-7-14-15(8-12)22(33)19-16(25(14)40-5)9-13-10-17-21(32(3)4)24(35)20(28(30)38)27(37)29(17,39)26(36)18(13)23(19)34/h6-8,13,17,21,33,35-36,39H,9-11H2,1-5H3,(H2,30,38)/t13-,17-,21-,29-/m0/s1. The zero-order valence-corrected chi connectivity index (χ0v) is 23.0. The van der Waals surface area contributed by atoms with Gasteiger partial charge in [-0.2, -0.15) is 0 Å². The number of nitrogens with zero attached hydrogens (tertiary/aromatic N) is 2. The first-order valence-electron chi connectivity index (χ1n) is 12.9. The summed E-state index contributed by atoms with van der Waals surface area (Å²) in [6.45, 7) is 0.586. The molecule has 0 unspecified atom stereocenters. The average Bonchev–Trinajstić information content (AvgIpc) is 2.86. The van der Waals surface area contributed by atoms with Gasteiger partial charge >= 0.3 is 0 Å². The minimum Gasteiger partial charge on any atom is -0.510 e. The summed E-state index contributed by atoms with van der Waals surface area (Å²) >= 11 is 0. The van der Waals surface area contributed by atoms with Crippen molar-refractivity contribution in [3.05, 3.63) is 57.6 Å². The van der Waals surface area contributed by atoms with Gasteiger partial charge in [0.25, 0.3) is 5.91 Å². The van der Waals surface area contributed by atoms with Gasteiger partial charge in [-0.3, -0.25) is 19.3 Å². The van der Waals surface area contributed by atoms with E-state index in [0.717, 1.165) is 5.56 Å². The van der Waals surface area contributed by atoms with E-state index in [1.807, 2.05) is 31.1 Å². The van der Waals surface area contributed by atoms with Crippen LogP contribution in [0.25, 0.3) is 10.8 Å². The number of allylic oxidation sites excluding steroid dienone is 1. The number of fused-ring (bicyclic) bond motifs is 4. The van der Waals surface area contributed by atoms with E-state index in [9.17, 15) is 34.8 Å². The molecule has 2 aromatic rings. The Morgan fingerprint density at radius 1 is 1.12 bits per heavy atom. The average molecular weight is 552 g/mol. The number of nitrogens with two attached hydrogens (primary N) is 1. The molecule has 6 N–H and O–H groups in total. The SMILES string of the molecule is COc1c2c(c(O)c3cc(CN(C)C)ccc13)C(=O)C1=C(O)[C@]3(O)C(=O)C(C(N)=O)=C(O)[C@@H](N(C)C)[C@@H]3C[C@@H]1C2. The number of ketones is 2. The van der Waals surface area contributed by atoms with Crippen LogP contribution in [0.1, 0.15) is 27.9 Å². The van der Waals surface area contributed by atoms with Crippen LogP contribution in [-0.4, -0.2) is 94.6 Å². The lowest BCUT2D eigenvalue weighted by Crippen LogP contribution is -2.63. The van der Waals surface area contributed by atoms with E-state index in [4.69, 9.17) is 10.5 Å². The number of aliphatic hydroxyl groups excluding tert-OH is 2. The number of phenols is 1. The minimum absolute atomic E-state index is 0.00941. The molecule has 11 nitrogen and oxygen atoms in total. The van der Waals surface area contributed by atoms with Crippen LogP contribution in [0, 0.1) is 11.8 Å². The third-order valence-electron chi connectivity index (χ3n) is 8.41. The maximum Gasteiger partial charge on any atom is 0.255 e. The second-order valence-electron chi connectivity index (χ2n) is 11.3. The molecule has 0 saturated heterocycles. The Labute approximate surface area is 230 Å². The zero-order chi connectivity index (χ0) is 29.4. The first-order valence-corrected chi connectivity index (χ1v) is 12.9. The third-order valence-corrected chi connectivity index (χ3v) is 8.41. The summed E-state index contributed by atoms with van der Waals surface area (Å²) in [5.41, 5.74) is 2.92. The smallest absolute Gasteiger partial charge is 0.255 e. The predicted molar refractivity (Wildman–Crippen MR) is 145 cm³/mol. The molecule has 3 aliphatic rings. The Balaban J connectivity index is 1.75. The summed E-state index contributed by atoms with van der Waals surface area (Å²) < 4.78 is 5.75. The largest absolute Gasteiger partial charge is 0.510 e. The van der Waals surface area contributed by atoms with E-state index in [-0.39, 0.29) is 29.7 Å². The van der Waals surface area contributed by atoms with Crippen molar-refractivity contribution in [2.24, 2.45) is 17.6 Å². The highest BCUT2D eigenvalue weighted by Crippen LogP contribution is 2.54. The molecule has 2 aromatic carbocycles. The van der Waals surface area contributed by atoms with Gasteiger partial charge in [0, 0.05) is 34.4 Å². The maximum absolute atomic E-state index is 14.0. The Bertz CT molecular complexity index is 1560. The first kappa shape index (κ1) is 27.6. The number of phenolic OH excluding ortho intramolecular Hbond substituents is 1. The van der Waals surface area contributed by atoms with Crippen molar-refractivity contribution in [3.8, 4) is 11.5 Å². The number of benzene rings is 2. The van der Waals surface area contributed by atoms with E-state index in [0.29, 0.717) is 28.6 Å². The van der Waals surface area contributed by atoms with Crippen molar-refractivity contribution in [1.82, 2.24) is 9.80 Å². The molecule has 1 amide bonds. The minimum atomic E-state index is -2.68. The molecule has 0 aliphatic heterocycles. The number of hydrogen-bond acceptors (Lipinski definition) is 10. The van der Waals surface area contributed by atoms with Gasteiger partial charge in [-0.15, -0.1) is 0 Å². The van der Waals surface area contributed by atoms with Gasteiger partial charge in [-0.25, -0.2) is 0 Å². The Morgan fingerprint density at radius 3 is 2.38 bits per heavy atom. The highest BCUT2D eigenvalue weighted by molar-refractivity contribution is 6.25. The second-order valence-corrected chi connectivity index (χ2v) is 11.3. The number of rotatable bonds is 5. The predicted octanol–water partition coefficient (Wildman–Crippen LogP) is 1.34. The van der Waals surface area contributed by atoms with Crippen LogP contribution in [0.4, 0.5) is 0 Å². The summed E-state index contributed by atoms with van der Waals surface area (Å²) in [4.78, 5) is 43.1. The van der Waals surface area contributed by atoms with Gasteiger partial charge < -0.3 is 35.8 Å². The van der Waals surface area contributed by atoms with Crippen LogP contribution in [0.5, 0.6) is 11.5 Å². The van der Waals surface area contributed by atoms with Crippen molar-refractivity contribution in [2.75, 3.05) is 35.3 Å². The summed E-state index contributed by atoms with van der Waals surface area (Å²) in [5.74, 6) is -6.43. The number of ether oxygens (including phenoxy) is 1. The molecule has 0 aromatic heterocycles. The molecular weight excluding hydrogens is 518 g/mol. The van der Waals surface area contributed by atoms with Crippen LogP contribution >= 0.6 is 0 Å². The summed E-state index contributed by atoms with van der Waals surface area (Å²) in [7, 11) is 8.46. The lowest BCUT2D eigenvalue weighted by atomic mass is 9.58. The van der Waals surface area contributed by atoms with Gasteiger partial charge in [-0.05, 0) is 58.6 Å². The molecule has 4 atom stereocenters. The normalized spacial score (nSPS) is 26.4. The molecule has 0 fully saturated rings. The molecule has 11 heteroatoms. The molecule has 5 rings (SSSR count). The molecule has 0 saturated carbocycles. The fraction of sp³-hybridized carbons (Fsp3) is 0.414. The lowest BCUT2D eigenvalue weighted by Gasteiger charge is -2.50. The maximum atomic E-state index is 14.0. The van der Waals surface area contributed by atoms with E-state index >= 15 is 0 Å². The lowest BCUT2D eigenvalue weighted by molar-refractivity contribution is -0.148. The van der Waals surface area contributed by atoms with Crippen LogP contribution in [-0.2, 0) is 22.6 Å². The van der Waals surface area contributed by atoms with Crippen molar-refractivity contribution in [3.63, 3.8) is 0 Å². The zero-order valence-electron chi connectivity index (χ0n) is 23.0. The molecule has 0 bridgehead atoms. The number of amides is 1. The van der Waals surface area contributed by atoms with Gasteiger partial charge in [0.2, 0.25) is 5.78 Å². The fourth-order valence-electron chi connectivity index (χ4n) is 6.82. The van der Waals surface area contributed by atoms with E-state index in [1.54, 1.807) is 20.2 Å². The highest BCUT2D eigenvalue weighted by atomic mass is 16.5. The van der Waals surface area contributed by atoms with Crippen molar-refractivity contribution in [1.29, 1.82) is 0 Å². The Kier molecular flexibility index (Phi) is 6.44. The molecule has 3 aliphatic carbocycles. The number of methoxy groups -OCH3 is 1. The molecule has 0 spiro atoms. The number of likely N-dealkylation sites (N-methyl/N-ethyl adjacent to an activating group) is 1. The van der Waals surface area contributed by atoms with Crippen LogP contribution in [0.2, 0.25) is 0 Å². The molecule has 40 heavy (non-hydrogen) atoms. The Morgan fingerprint density at radius 2 is 1.80 bits per heavy atom. The monoisotopic (exact) mass is 551 g/mol. The fourth-order valence-corrected chi connectivity index (χ4v) is 6.82. The molecule has 0 radical (unpaired) electrons. The van der Waals surface area contributed by atoms with Gasteiger partial charge in [0.05, 0.1) is 18.7 Å². The number of Topliss-reactive ketones (excluding diaryl/α,β-unsaturated/α-hetero) is 2. The topological polar surface area (TPSA) is 174 Å². The van der Waals surface area contributed by atoms with Crippen molar-refractivity contribution in [2.45, 2.75) is 31.0 Å². The van der Waals surface area contributed by atoms with Crippen molar-refractivity contribution >= 4 is 28.2 Å².